The summed E-state index contributed by atoms with van der Waals surface area (Å²) in [7, 11) is 0. The summed E-state index contributed by atoms with van der Waals surface area (Å²) < 4.78 is 0.958. The smallest absolute Gasteiger partial charge is 0.167 e. The Kier molecular flexibility index (Phi) is 2.68. The monoisotopic (exact) mass is 264 g/mol. The summed E-state index contributed by atoms with van der Waals surface area (Å²) in [6.45, 7) is 2.01. The van der Waals surface area contributed by atoms with Crippen LogP contribution in [0.25, 0.3) is 11.4 Å². The Labute approximate surface area is 95.7 Å². The van der Waals surface area contributed by atoms with Gasteiger partial charge in [-0.15, -0.1) is 0 Å². The van der Waals surface area contributed by atoms with Crippen LogP contribution in [0.1, 0.15) is 16.1 Å². The van der Waals surface area contributed by atoms with E-state index in [0.717, 1.165) is 21.9 Å². The van der Waals surface area contributed by atoms with Crippen molar-refractivity contribution in [2.45, 2.75) is 6.92 Å². The standard InChI is InChI=1S/C11H9BrN2O/c1-7-2-3-10(12)9(4-7)11-13-5-8(6-15)14-11/h2-6H,1H3,(H,13,14). The summed E-state index contributed by atoms with van der Waals surface area (Å²) in [6, 6.07) is 5.99. The number of rotatable bonds is 2. The van der Waals surface area contributed by atoms with Crippen LogP contribution in [0.3, 0.4) is 0 Å². The maximum Gasteiger partial charge on any atom is 0.167 e. The maximum absolute atomic E-state index is 10.5. The molecular weight excluding hydrogens is 256 g/mol. The Morgan fingerprint density at radius 3 is 2.93 bits per heavy atom. The highest BCUT2D eigenvalue weighted by Gasteiger charge is 2.07. The molecule has 1 N–H and O–H groups in total. The molecule has 0 aliphatic rings. The summed E-state index contributed by atoms with van der Waals surface area (Å²) in [4.78, 5) is 17.6. The first-order valence-corrected chi connectivity index (χ1v) is 5.26. The van der Waals surface area contributed by atoms with Gasteiger partial charge in [-0.25, -0.2) is 4.98 Å². The summed E-state index contributed by atoms with van der Waals surface area (Å²) in [5.41, 5.74) is 2.60. The van der Waals surface area contributed by atoms with Gasteiger partial charge >= 0.3 is 0 Å². The number of nitrogens with one attached hydrogen (secondary N) is 1. The van der Waals surface area contributed by atoms with E-state index >= 15 is 0 Å². The van der Waals surface area contributed by atoms with Crippen molar-refractivity contribution in [3.63, 3.8) is 0 Å². The van der Waals surface area contributed by atoms with Gasteiger partial charge in [0.25, 0.3) is 0 Å². The van der Waals surface area contributed by atoms with Gasteiger partial charge in [0.1, 0.15) is 5.82 Å². The quantitative estimate of drug-likeness (QED) is 0.848. The Bertz CT molecular complexity index is 505. The number of imidazole rings is 1. The first-order chi connectivity index (χ1) is 7.20. The summed E-state index contributed by atoms with van der Waals surface area (Å²) >= 11 is 3.45. The molecular formula is C11H9BrN2O. The fraction of sp³-hybridized carbons (Fsp3) is 0.0909. The van der Waals surface area contributed by atoms with E-state index in [4.69, 9.17) is 0 Å². The van der Waals surface area contributed by atoms with Crippen LogP contribution in [0.15, 0.2) is 28.9 Å². The molecule has 1 heterocycles. The minimum Gasteiger partial charge on any atom is -0.336 e. The van der Waals surface area contributed by atoms with Crippen molar-refractivity contribution in [2.75, 3.05) is 0 Å². The molecule has 0 bridgehead atoms. The molecule has 0 radical (unpaired) electrons. The third-order valence-electron chi connectivity index (χ3n) is 2.10. The van der Waals surface area contributed by atoms with Gasteiger partial charge in [-0.1, -0.05) is 27.6 Å². The first-order valence-electron chi connectivity index (χ1n) is 4.47. The topological polar surface area (TPSA) is 45.8 Å². The Balaban J connectivity index is 2.52. The van der Waals surface area contributed by atoms with Crippen LogP contribution in [0.2, 0.25) is 0 Å². The molecule has 1 aromatic carbocycles. The molecule has 0 spiro atoms. The molecule has 0 saturated heterocycles. The van der Waals surface area contributed by atoms with Gasteiger partial charge in [0.2, 0.25) is 0 Å². The minimum absolute atomic E-state index is 0.485. The van der Waals surface area contributed by atoms with Gasteiger partial charge in [0, 0.05) is 10.0 Å². The fourth-order valence-electron chi connectivity index (χ4n) is 1.35. The number of aldehydes is 1. The Morgan fingerprint density at radius 2 is 2.27 bits per heavy atom. The van der Waals surface area contributed by atoms with Crippen LogP contribution in [0, 0.1) is 6.92 Å². The highest BCUT2D eigenvalue weighted by atomic mass is 79.9. The van der Waals surface area contributed by atoms with E-state index in [1.165, 1.54) is 6.20 Å². The molecule has 2 aromatic rings. The SMILES string of the molecule is Cc1ccc(Br)c(-c2ncc(C=O)[nH]2)c1. The second-order valence-corrected chi connectivity index (χ2v) is 4.14. The molecule has 0 atom stereocenters. The summed E-state index contributed by atoms with van der Waals surface area (Å²) in [5.74, 6) is 0.702. The third-order valence-corrected chi connectivity index (χ3v) is 2.79. The third kappa shape index (κ3) is 1.99. The highest BCUT2D eigenvalue weighted by molar-refractivity contribution is 9.10. The molecule has 76 valence electrons. The zero-order valence-corrected chi connectivity index (χ0v) is 9.71. The number of hydrogen-bond donors (Lipinski definition) is 1. The molecule has 0 unspecified atom stereocenters. The normalized spacial score (nSPS) is 10.3. The van der Waals surface area contributed by atoms with Gasteiger partial charge in [-0.3, -0.25) is 4.79 Å². The Morgan fingerprint density at radius 1 is 1.47 bits per heavy atom. The maximum atomic E-state index is 10.5. The lowest BCUT2D eigenvalue weighted by atomic mass is 10.1. The second kappa shape index (κ2) is 3.98. The lowest BCUT2D eigenvalue weighted by Gasteiger charge is -2.01. The van der Waals surface area contributed by atoms with Crippen LogP contribution < -0.4 is 0 Å². The molecule has 4 heteroatoms. The van der Waals surface area contributed by atoms with Crippen molar-refractivity contribution in [1.82, 2.24) is 9.97 Å². The van der Waals surface area contributed by atoms with Crippen molar-refractivity contribution in [3.8, 4) is 11.4 Å². The predicted octanol–water partition coefficient (Wildman–Crippen LogP) is 2.96. The van der Waals surface area contributed by atoms with Gasteiger partial charge in [-0.05, 0) is 19.1 Å². The van der Waals surface area contributed by atoms with Crippen molar-refractivity contribution >= 4 is 22.2 Å². The average molecular weight is 265 g/mol. The number of aromatic amines is 1. The van der Waals surface area contributed by atoms with E-state index in [0.29, 0.717) is 11.5 Å². The lowest BCUT2D eigenvalue weighted by molar-refractivity contribution is 0.111. The zero-order valence-electron chi connectivity index (χ0n) is 8.12. The van der Waals surface area contributed by atoms with Crippen LogP contribution in [0.4, 0.5) is 0 Å². The van der Waals surface area contributed by atoms with Crippen LogP contribution in [-0.2, 0) is 0 Å². The molecule has 1 aromatic heterocycles. The number of halogens is 1. The summed E-state index contributed by atoms with van der Waals surface area (Å²) in [5, 5.41) is 0. The lowest BCUT2D eigenvalue weighted by Crippen LogP contribution is -1.85. The van der Waals surface area contributed by atoms with E-state index in [9.17, 15) is 4.79 Å². The first kappa shape index (κ1) is 10.1. The molecule has 3 nitrogen and oxygen atoms in total. The zero-order chi connectivity index (χ0) is 10.8. The fourth-order valence-corrected chi connectivity index (χ4v) is 1.79. The largest absolute Gasteiger partial charge is 0.336 e. The number of hydrogen-bond acceptors (Lipinski definition) is 2. The van der Waals surface area contributed by atoms with E-state index in [-0.39, 0.29) is 0 Å². The van der Waals surface area contributed by atoms with E-state index in [1.807, 2.05) is 25.1 Å². The van der Waals surface area contributed by atoms with Crippen LogP contribution in [0.5, 0.6) is 0 Å². The molecule has 15 heavy (non-hydrogen) atoms. The van der Waals surface area contributed by atoms with Gasteiger partial charge in [0.15, 0.2) is 6.29 Å². The number of aryl methyl sites for hydroxylation is 1. The Hall–Kier alpha value is -1.42. The molecule has 0 aliphatic heterocycles. The van der Waals surface area contributed by atoms with E-state index < -0.39 is 0 Å². The van der Waals surface area contributed by atoms with Crippen molar-refractivity contribution in [1.29, 1.82) is 0 Å². The average Bonchev–Trinajstić information content (AvgIpc) is 2.70. The molecule has 0 amide bonds. The highest BCUT2D eigenvalue weighted by Crippen LogP contribution is 2.26. The number of aromatic nitrogens is 2. The predicted molar refractivity (Wildman–Crippen MR) is 61.8 cm³/mol. The molecule has 0 aliphatic carbocycles. The number of nitrogens with zero attached hydrogens (tertiary/aromatic N) is 1. The number of carbonyl (C=O) groups excluding carboxylic acids is 1. The second-order valence-electron chi connectivity index (χ2n) is 3.29. The molecule has 2 rings (SSSR count). The number of benzene rings is 1. The number of carbonyl (C=O) groups is 1. The molecule has 0 fully saturated rings. The van der Waals surface area contributed by atoms with Crippen LogP contribution in [-0.4, -0.2) is 16.3 Å². The number of H-pyrrole nitrogens is 1. The minimum atomic E-state index is 0.485. The van der Waals surface area contributed by atoms with Gasteiger partial charge in [-0.2, -0.15) is 0 Å². The van der Waals surface area contributed by atoms with Crippen LogP contribution >= 0.6 is 15.9 Å². The van der Waals surface area contributed by atoms with Gasteiger partial charge in [0.05, 0.1) is 11.9 Å². The summed E-state index contributed by atoms with van der Waals surface area (Å²) in [6.07, 6.45) is 2.28. The van der Waals surface area contributed by atoms with Crippen molar-refractivity contribution < 1.29 is 4.79 Å². The van der Waals surface area contributed by atoms with E-state index in [1.54, 1.807) is 0 Å². The molecule has 0 saturated carbocycles. The van der Waals surface area contributed by atoms with Crippen molar-refractivity contribution in [2.24, 2.45) is 0 Å². The van der Waals surface area contributed by atoms with E-state index in [2.05, 4.69) is 25.9 Å². The van der Waals surface area contributed by atoms with Gasteiger partial charge < -0.3 is 4.98 Å². The van der Waals surface area contributed by atoms with Crippen molar-refractivity contribution in [3.05, 3.63) is 40.1 Å².